The lowest BCUT2D eigenvalue weighted by molar-refractivity contribution is 0.0588. The number of fused-ring (bicyclic) bond motifs is 3. The van der Waals surface area contributed by atoms with E-state index >= 15 is 0 Å². The van der Waals surface area contributed by atoms with Crippen LogP contribution in [0, 0.1) is 23.0 Å². The zero-order valence-corrected chi connectivity index (χ0v) is 24.1. The van der Waals surface area contributed by atoms with Crippen molar-refractivity contribution in [3.63, 3.8) is 0 Å². The Labute approximate surface area is 244 Å². The van der Waals surface area contributed by atoms with Gasteiger partial charge in [-0.05, 0) is 38.1 Å². The van der Waals surface area contributed by atoms with E-state index in [1.54, 1.807) is 29.3 Å². The molecule has 6 rings (SSSR count). The minimum Gasteiger partial charge on any atom is -0.496 e. The van der Waals surface area contributed by atoms with E-state index < -0.39 is 17.2 Å². The van der Waals surface area contributed by atoms with Crippen LogP contribution in [0.5, 0.6) is 11.5 Å². The first-order chi connectivity index (χ1) is 20.1. The predicted molar refractivity (Wildman–Crippen MR) is 157 cm³/mol. The number of carbonyl (C=O) groups excluding carboxylic acids is 1. The normalized spacial score (nSPS) is 17.0. The monoisotopic (exact) mass is 587 g/mol. The molecule has 42 heavy (non-hydrogen) atoms. The van der Waals surface area contributed by atoms with Crippen molar-refractivity contribution >= 4 is 22.3 Å². The predicted octanol–water partition coefficient (Wildman–Crippen LogP) is 5.59. The molecule has 0 N–H and O–H groups in total. The number of aromatic nitrogens is 3. The Morgan fingerprint density at radius 1 is 1.14 bits per heavy atom. The zero-order valence-electron chi connectivity index (χ0n) is 23.3. The minimum atomic E-state index is -0.774. The van der Waals surface area contributed by atoms with Crippen molar-refractivity contribution in [2.45, 2.75) is 26.0 Å². The van der Waals surface area contributed by atoms with Crippen molar-refractivity contribution in [2.75, 3.05) is 25.2 Å². The van der Waals surface area contributed by atoms with Gasteiger partial charge in [0.05, 0.1) is 24.1 Å². The topological polar surface area (TPSA) is 93.3 Å². The maximum Gasteiger partial charge on any atom is 0.275 e. The van der Waals surface area contributed by atoms with Crippen molar-refractivity contribution in [3.05, 3.63) is 77.2 Å². The fraction of sp³-hybridized carbons (Fsp3) is 0.258. The standard InChI is InChI=1S/C31H27F2N5O3S/c1-31(2)17-42(4)6-5-37(31)30(39)28-25-16-41-27-12-26(40-3)23(19-7-18(13-34)14-35-15-19)11-24(27)29(25)38(36-28)22-9-20(32)8-21(33)10-22/h7-12,14-15H,4-6,16-17H2,1-3H3. The molecule has 1 unspecified atom stereocenters. The first kappa shape index (κ1) is 27.6. The quantitative estimate of drug-likeness (QED) is 0.289. The molecular formula is C31H27F2N5O3S. The van der Waals surface area contributed by atoms with Crippen LogP contribution in [0.2, 0.25) is 0 Å². The highest BCUT2D eigenvalue weighted by Crippen LogP contribution is 2.46. The van der Waals surface area contributed by atoms with Crippen molar-refractivity contribution < 1.29 is 23.0 Å². The van der Waals surface area contributed by atoms with Crippen molar-refractivity contribution in [3.8, 4) is 45.6 Å². The van der Waals surface area contributed by atoms with E-state index in [9.17, 15) is 18.8 Å². The molecule has 8 nitrogen and oxygen atoms in total. The summed E-state index contributed by atoms with van der Waals surface area (Å²) in [7, 11) is 1.47. The van der Waals surface area contributed by atoms with E-state index in [0.717, 1.165) is 17.6 Å². The number of pyridine rings is 1. The van der Waals surface area contributed by atoms with E-state index in [-0.39, 0.29) is 34.4 Å². The third kappa shape index (κ3) is 4.71. The first-order valence-corrected chi connectivity index (χ1v) is 14.9. The summed E-state index contributed by atoms with van der Waals surface area (Å²) in [5, 5.41) is 14.1. The van der Waals surface area contributed by atoms with Crippen molar-refractivity contribution in [2.24, 2.45) is 0 Å². The molecule has 2 aromatic carbocycles. The Bertz CT molecular complexity index is 1810. The van der Waals surface area contributed by atoms with Gasteiger partial charge in [-0.1, -0.05) is 5.87 Å². The fourth-order valence-corrected chi connectivity index (χ4v) is 7.36. The SMILES string of the molecule is C=S1CCN(C(=O)c2nn(-c3cc(F)cc(F)c3)c3c2COc2cc(OC)c(-c4cncc(C#N)c4)cc2-3)C(C)(C)C1. The van der Waals surface area contributed by atoms with Gasteiger partial charge in [-0.15, -0.1) is 0 Å². The van der Waals surface area contributed by atoms with Gasteiger partial charge < -0.3 is 14.4 Å². The second-order valence-electron chi connectivity index (χ2n) is 10.9. The maximum absolute atomic E-state index is 14.5. The van der Waals surface area contributed by atoms with E-state index in [0.29, 0.717) is 51.6 Å². The van der Waals surface area contributed by atoms with Crippen LogP contribution in [0.15, 0.2) is 48.8 Å². The molecule has 1 fully saturated rings. The van der Waals surface area contributed by atoms with Gasteiger partial charge in [0.25, 0.3) is 5.91 Å². The van der Waals surface area contributed by atoms with Crippen LogP contribution < -0.4 is 9.47 Å². The first-order valence-electron chi connectivity index (χ1n) is 13.2. The van der Waals surface area contributed by atoms with Gasteiger partial charge in [0.15, 0.2) is 5.69 Å². The molecule has 0 radical (unpaired) electrons. The summed E-state index contributed by atoms with van der Waals surface area (Å²) < 4.78 is 42.1. The largest absolute Gasteiger partial charge is 0.496 e. The van der Waals surface area contributed by atoms with Crippen LogP contribution in [-0.2, 0) is 6.61 Å². The highest BCUT2D eigenvalue weighted by molar-refractivity contribution is 8.14. The minimum absolute atomic E-state index is 0.0170. The molecule has 214 valence electrons. The number of hydrogen-bond acceptors (Lipinski definition) is 6. The van der Waals surface area contributed by atoms with Crippen LogP contribution in [0.1, 0.15) is 35.5 Å². The average Bonchev–Trinajstić information content (AvgIpc) is 3.35. The maximum atomic E-state index is 14.5. The van der Waals surface area contributed by atoms with Crippen molar-refractivity contribution in [1.82, 2.24) is 19.7 Å². The van der Waals surface area contributed by atoms with Crippen molar-refractivity contribution in [1.29, 1.82) is 5.26 Å². The second-order valence-corrected chi connectivity index (χ2v) is 12.8. The lowest BCUT2D eigenvalue weighted by Gasteiger charge is -2.43. The lowest BCUT2D eigenvalue weighted by Crippen LogP contribution is -2.54. The third-order valence-electron chi connectivity index (χ3n) is 7.52. The Kier molecular flexibility index (Phi) is 6.81. The number of nitriles is 1. The molecule has 1 saturated heterocycles. The number of carbonyl (C=O) groups is 1. The number of benzene rings is 2. The van der Waals surface area contributed by atoms with Gasteiger partial charge in [0.2, 0.25) is 0 Å². The Morgan fingerprint density at radius 3 is 2.60 bits per heavy atom. The Morgan fingerprint density at radius 2 is 1.90 bits per heavy atom. The summed E-state index contributed by atoms with van der Waals surface area (Å²) >= 11 is 0. The van der Waals surface area contributed by atoms with Crippen LogP contribution in [0.25, 0.3) is 28.1 Å². The molecule has 2 aliphatic heterocycles. The molecule has 0 aliphatic carbocycles. The van der Waals surface area contributed by atoms with Gasteiger partial charge in [0.1, 0.15) is 35.8 Å². The van der Waals surface area contributed by atoms with Crippen LogP contribution in [0.3, 0.4) is 0 Å². The summed E-state index contributed by atoms with van der Waals surface area (Å²) in [5.74, 6) is 4.86. The van der Waals surface area contributed by atoms with Gasteiger partial charge >= 0.3 is 0 Å². The van der Waals surface area contributed by atoms with Crippen LogP contribution in [0.4, 0.5) is 8.78 Å². The summed E-state index contributed by atoms with van der Waals surface area (Å²) in [6, 6.07) is 10.4. The zero-order chi connectivity index (χ0) is 29.8. The lowest BCUT2D eigenvalue weighted by atomic mass is 9.95. The number of halogens is 2. The number of nitrogens with zero attached hydrogens (tertiary/aromatic N) is 5. The number of amides is 1. The van der Waals surface area contributed by atoms with Crippen LogP contribution in [-0.4, -0.2) is 62.1 Å². The molecule has 11 heteroatoms. The average molecular weight is 588 g/mol. The summed E-state index contributed by atoms with van der Waals surface area (Å²) in [5.41, 5.74) is 2.96. The molecule has 0 bridgehead atoms. The molecule has 4 aromatic rings. The molecule has 2 aromatic heterocycles. The van der Waals surface area contributed by atoms with Crippen LogP contribution >= 0.6 is 10.5 Å². The molecule has 0 saturated carbocycles. The number of hydrogen-bond donors (Lipinski definition) is 0. The Hall–Kier alpha value is -4.56. The van der Waals surface area contributed by atoms with Gasteiger partial charge in [-0.2, -0.15) is 20.8 Å². The summed E-state index contributed by atoms with van der Waals surface area (Å²) in [6.07, 6.45) is 3.07. The second kappa shape index (κ2) is 10.4. The molecule has 4 heterocycles. The summed E-state index contributed by atoms with van der Waals surface area (Å²) in [6.45, 7) is 4.56. The van der Waals surface area contributed by atoms with E-state index in [4.69, 9.17) is 9.47 Å². The molecular weight excluding hydrogens is 560 g/mol. The number of rotatable bonds is 4. The number of ether oxygens (including phenoxy) is 2. The highest BCUT2D eigenvalue weighted by atomic mass is 32.2. The summed E-state index contributed by atoms with van der Waals surface area (Å²) in [4.78, 5) is 20.1. The van der Waals surface area contributed by atoms with E-state index in [1.165, 1.54) is 30.1 Å². The third-order valence-corrected chi connectivity index (χ3v) is 9.40. The molecule has 0 spiro atoms. The smallest absolute Gasteiger partial charge is 0.275 e. The fourth-order valence-electron chi connectivity index (χ4n) is 5.62. The van der Waals surface area contributed by atoms with Gasteiger partial charge in [-0.25, -0.2) is 13.5 Å². The Balaban J connectivity index is 1.59. The highest BCUT2D eigenvalue weighted by Gasteiger charge is 2.39. The van der Waals surface area contributed by atoms with Gasteiger partial charge in [0, 0.05) is 70.4 Å². The number of methoxy groups -OCH3 is 1. The molecule has 1 atom stereocenters. The van der Waals surface area contributed by atoms with Gasteiger partial charge in [-0.3, -0.25) is 9.78 Å². The van der Waals surface area contributed by atoms with E-state index in [1.807, 2.05) is 13.8 Å². The molecule has 1 amide bonds. The van der Waals surface area contributed by atoms with E-state index in [2.05, 4.69) is 22.0 Å². The molecule has 2 aliphatic rings.